The maximum Gasteiger partial charge on any atom is 0.339 e. The van der Waals surface area contributed by atoms with E-state index in [1.54, 1.807) is 13.0 Å². The summed E-state index contributed by atoms with van der Waals surface area (Å²) in [5.74, 6) is -0.623. The van der Waals surface area contributed by atoms with E-state index in [4.69, 9.17) is 14.2 Å². The quantitative estimate of drug-likeness (QED) is 0.532. The van der Waals surface area contributed by atoms with Crippen LogP contribution >= 0.6 is 15.9 Å². The number of hydrogen-bond acceptors (Lipinski definition) is 6. The summed E-state index contributed by atoms with van der Waals surface area (Å²) in [5.41, 5.74) is -0.0463. The summed E-state index contributed by atoms with van der Waals surface area (Å²) in [6, 6.07) is 2.94. The van der Waals surface area contributed by atoms with E-state index in [-0.39, 0.29) is 29.4 Å². The Kier molecular flexibility index (Phi) is 6.63. The van der Waals surface area contributed by atoms with Gasteiger partial charge in [-0.1, -0.05) is 0 Å². The molecule has 1 aromatic rings. The lowest BCUT2D eigenvalue weighted by atomic mass is 10.2. The lowest BCUT2D eigenvalue weighted by molar-refractivity contribution is 0.0520. The number of halogens is 1. The second kappa shape index (κ2) is 7.77. The molecule has 0 aliphatic carbocycles. The van der Waals surface area contributed by atoms with Gasteiger partial charge in [0.05, 0.1) is 23.2 Å². The van der Waals surface area contributed by atoms with Crippen molar-refractivity contribution < 1.29 is 27.4 Å². The van der Waals surface area contributed by atoms with Crippen molar-refractivity contribution in [2.24, 2.45) is 0 Å². The van der Waals surface area contributed by atoms with Gasteiger partial charge >= 0.3 is 5.97 Å². The minimum atomic E-state index is -3.68. The number of carbonyl (C=O) groups excluding carboxylic acids is 1. The average molecular weight is 381 g/mol. The first kappa shape index (κ1) is 17.9. The Morgan fingerprint density at radius 2 is 1.95 bits per heavy atom. The number of carbonyl (C=O) groups is 1. The fourth-order valence-corrected chi connectivity index (χ4v) is 3.27. The molecule has 0 aromatic heterocycles. The Morgan fingerprint density at radius 3 is 2.48 bits per heavy atom. The lowest BCUT2D eigenvalue weighted by Crippen LogP contribution is -2.15. The van der Waals surface area contributed by atoms with Crippen molar-refractivity contribution in [2.75, 3.05) is 33.2 Å². The third-order valence-electron chi connectivity index (χ3n) is 2.46. The normalized spacial score (nSPS) is 11.2. The Balaban J connectivity index is 3.40. The summed E-state index contributed by atoms with van der Waals surface area (Å²) >= 11 is 3.23. The largest absolute Gasteiger partial charge is 0.489 e. The number of sulfone groups is 1. The molecular weight excluding hydrogens is 364 g/mol. The molecule has 0 unspecified atom stereocenters. The van der Waals surface area contributed by atoms with Gasteiger partial charge in [-0.2, -0.15) is 0 Å². The van der Waals surface area contributed by atoms with Crippen molar-refractivity contribution in [2.45, 2.75) is 11.8 Å². The fraction of sp³-hybridized carbons (Fsp3) is 0.462. The van der Waals surface area contributed by atoms with E-state index in [0.29, 0.717) is 11.1 Å². The van der Waals surface area contributed by atoms with Crippen molar-refractivity contribution in [3.05, 3.63) is 22.2 Å². The van der Waals surface area contributed by atoms with Crippen molar-refractivity contribution in [1.29, 1.82) is 0 Å². The number of rotatable bonds is 7. The molecule has 0 amide bonds. The van der Waals surface area contributed by atoms with Crippen LogP contribution in [0, 0.1) is 0 Å². The Bertz CT molecular complexity index is 611. The van der Waals surface area contributed by atoms with E-state index in [9.17, 15) is 13.2 Å². The van der Waals surface area contributed by atoms with Crippen LogP contribution in [-0.4, -0.2) is 47.6 Å². The number of ether oxygens (including phenoxy) is 3. The summed E-state index contributed by atoms with van der Waals surface area (Å²) < 4.78 is 39.7. The first-order valence-electron chi connectivity index (χ1n) is 6.14. The molecule has 0 saturated heterocycles. The number of esters is 1. The van der Waals surface area contributed by atoms with Gasteiger partial charge in [0, 0.05) is 13.4 Å². The van der Waals surface area contributed by atoms with E-state index >= 15 is 0 Å². The minimum Gasteiger partial charge on any atom is -0.489 e. The Morgan fingerprint density at radius 1 is 1.29 bits per heavy atom. The summed E-state index contributed by atoms with van der Waals surface area (Å²) in [7, 11) is -2.18. The van der Waals surface area contributed by atoms with Crippen LogP contribution in [0.5, 0.6) is 5.75 Å². The molecule has 21 heavy (non-hydrogen) atoms. The molecular formula is C13H17BrO6S. The molecule has 118 valence electrons. The maximum atomic E-state index is 12.0. The van der Waals surface area contributed by atoms with Gasteiger partial charge in [-0.05, 0) is 35.0 Å². The number of hydrogen-bond donors (Lipinski definition) is 0. The van der Waals surface area contributed by atoms with Crippen molar-refractivity contribution >= 4 is 31.7 Å². The van der Waals surface area contributed by atoms with Crippen LogP contribution in [0.25, 0.3) is 0 Å². The molecule has 0 atom stereocenters. The molecule has 0 bridgehead atoms. The summed E-state index contributed by atoms with van der Waals surface area (Å²) in [4.78, 5) is 11.7. The highest BCUT2D eigenvalue weighted by Crippen LogP contribution is 2.35. The first-order chi connectivity index (χ1) is 9.82. The van der Waals surface area contributed by atoms with Crippen LogP contribution in [0.4, 0.5) is 0 Å². The Hall–Kier alpha value is -1.12. The summed E-state index contributed by atoms with van der Waals surface area (Å²) in [6.07, 6.45) is 1.01. The van der Waals surface area contributed by atoms with Crippen LogP contribution in [0.3, 0.4) is 0 Å². The third-order valence-corrected chi connectivity index (χ3v) is 4.24. The molecule has 0 aliphatic rings. The topological polar surface area (TPSA) is 78.9 Å². The second-order valence-corrected chi connectivity index (χ2v) is 6.89. The van der Waals surface area contributed by atoms with Gasteiger partial charge in [-0.3, -0.25) is 0 Å². The van der Waals surface area contributed by atoms with Gasteiger partial charge in [0.25, 0.3) is 0 Å². The molecule has 1 aromatic carbocycles. The second-order valence-electron chi connectivity index (χ2n) is 4.09. The monoisotopic (exact) mass is 380 g/mol. The molecule has 0 heterocycles. The highest BCUT2D eigenvalue weighted by Gasteiger charge is 2.26. The highest BCUT2D eigenvalue weighted by molar-refractivity contribution is 9.10. The fourth-order valence-electron chi connectivity index (χ4n) is 1.64. The van der Waals surface area contributed by atoms with Gasteiger partial charge in [0.15, 0.2) is 15.6 Å². The van der Waals surface area contributed by atoms with Gasteiger partial charge in [0.2, 0.25) is 0 Å². The smallest absolute Gasteiger partial charge is 0.339 e. The van der Waals surface area contributed by atoms with E-state index in [0.717, 1.165) is 6.26 Å². The summed E-state index contributed by atoms with van der Waals surface area (Å²) in [6.45, 7) is 2.24. The van der Waals surface area contributed by atoms with Gasteiger partial charge in [-0.15, -0.1) is 0 Å². The molecule has 0 radical (unpaired) electrons. The Labute approximate surface area is 132 Å². The molecule has 0 saturated carbocycles. The number of benzene rings is 1. The molecule has 8 heteroatoms. The van der Waals surface area contributed by atoms with Crippen molar-refractivity contribution in [1.82, 2.24) is 0 Å². The lowest BCUT2D eigenvalue weighted by Gasteiger charge is -2.15. The summed E-state index contributed by atoms with van der Waals surface area (Å²) in [5, 5.41) is 0. The zero-order chi connectivity index (χ0) is 16.0. The van der Waals surface area contributed by atoms with Crippen LogP contribution < -0.4 is 4.74 Å². The molecule has 0 fully saturated rings. The van der Waals surface area contributed by atoms with Crippen LogP contribution in [-0.2, 0) is 19.3 Å². The predicted octanol–water partition coefficient (Wildman–Crippen LogP) is 2.05. The molecule has 0 spiro atoms. The van der Waals surface area contributed by atoms with E-state index in [1.165, 1.54) is 13.2 Å². The molecule has 0 N–H and O–H groups in total. The van der Waals surface area contributed by atoms with E-state index in [1.807, 2.05) is 0 Å². The molecule has 6 nitrogen and oxygen atoms in total. The van der Waals surface area contributed by atoms with Crippen LogP contribution in [0.1, 0.15) is 17.3 Å². The van der Waals surface area contributed by atoms with Crippen LogP contribution in [0.15, 0.2) is 21.5 Å². The molecule has 1 rings (SSSR count). The highest BCUT2D eigenvalue weighted by atomic mass is 79.9. The number of methoxy groups -OCH3 is 1. The van der Waals surface area contributed by atoms with E-state index in [2.05, 4.69) is 15.9 Å². The first-order valence-corrected chi connectivity index (χ1v) is 8.82. The zero-order valence-corrected chi connectivity index (χ0v) is 14.4. The third kappa shape index (κ3) is 4.69. The van der Waals surface area contributed by atoms with E-state index < -0.39 is 15.8 Å². The van der Waals surface area contributed by atoms with Gasteiger partial charge < -0.3 is 14.2 Å². The van der Waals surface area contributed by atoms with Gasteiger partial charge in [-0.25, -0.2) is 13.2 Å². The average Bonchev–Trinajstić information content (AvgIpc) is 2.39. The predicted molar refractivity (Wildman–Crippen MR) is 80.6 cm³/mol. The van der Waals surface area contributed by atoms with Crippen molar-refractivity contribution in [3.8, 4) is 5.75 Å². The SMILES string of the molecule is CCOC(=O)c1ccc(Br)c(OCCOC)c1S(C)(=O)=O. The zero-order valence-electron chi connectivity index (χ0n) is 12.0. The minimum absolute atomic E-state index is 0.0463. The van der Waals surface area contributed by atoms with Crippen molar-refractivity contribution in [3.63, 3.8) is 0 Å². The maximum absolute atomic E-state index is 12.0. The van der Waals surface area contributed by atoms with Crippen LogP contribution in [0.2, 0.25) is 0 Å². The van der Waals surface area contributed by atoms with Gasteiger partial charge in [0.1, 0.15) is 11.5 Å². The standard InChI is InChI=1S/C13H17BrO6S/c1-4-19-13(15)9-5-6-10(14)11(20-8-7-18-2)12(9)21(3,16)17/h5-6H,4,7-8H2,1-3H3. The molecule has 0 aliphatic heterocycles.